The van der Waals surface area contributed by atoms with Gasteiger partial charge in [-0.2, -0.15) is 0 Å². The van der Waals surface area contributed by atoms with Gasteiger partial charge >= 0.3 is 0 Å². The highest BCUT2D eigenvalue weighted by atomic mass is 16.2. The van der Waals surface area contributed by atoms with Gasteiger partial charge in [-0.15, -0.1) is 0 Å². The maximum absolute atomic E-state index is 13.1. The second-order valence-corrected chi connectivity index (χ2v) is 6.94. The number of rotatable bonds is 1. The Bertz CT molecular complexity index is 1020. The standard InChI is InChI=1S/C20H23N3O2/c1-21-17(20(25)23-11-7-3-4-8-12-23)13-15-18(21)14-9-5-6-10-16(14)22(2)19(15)24/h5-6,9-10,13H,3-4,7-8,11-12H2,1-2H3. The minimum absolute atomic E-state index is 0.0340. The summed E-state index contributed by atoms with van der Waals surface area (Å²) in [5, 5.41) is 1.61. The number of hydrogen-bond acceptors (Lipinski definition) is 2. The smallest absolute Gasteiger partial charge is 0.270 e. The number of likely N-dealkylation sites (tertiary alicyclic amines) is 1. The summed E-state index contributed by atoms with van der Waals surface area (Å²) in [6, 6.07) is 9.63. The van der Waals surface area contributed by atoms with Crippen molar-refractivity contribution in [3.05, 3.63) is 46.4 Å². The zero-order valence-electron chi connectivity index (χ0n) is 14.8. The lowest BCUT2D eigenvalue weighted by atomic mass is 10.1. The lowest BCUT2D eigenvalue weighted by molar-refractivity contribution is 0.0752. The maximum atomic E-state index is 13.1. The fourth-order valence-electron chi connectivity index (χ4n) is 3.99. The van der Waals surface area contributed by atoms with Crippen molar-refractivity contribution in [3.63, 3.8) is 0 Å². The van der Waals surface area contributed by atoms with Crippen LogP contribution in [0.25, 0.3) is 21.8 Å². The van der Waals surface area contributed by atoms with Gasteiger partial charge in [-0.1, -0.05) is 31.0 Å². The molecule has 0 spiro atoms. The number of aryl methyl sites for hydroxylation is 2. The van der Waals surface area contributed by atoms with Crippen LogP contribution < -0.4 is 5.56 Å². The molecule has 0 N–H and O–H groups in total. The van der Waals surface area contributed by atoms with Gasteiger partial charge in [0.15, 0.2) is 0 Å². The summed E-state index contributed by atoms with van der Waals surface area (Å²) in [7, 11) is 3.67. The van der Waals surface area contributed by atoms with Crippen molar-refractivity contribution in [1.82, 2.24) is 14.0 Å². The average molecular weight is 337 g/mol. The first-order valence-corrected chi connectivity index (χ1v) is 8.96. The van der Waals surface area contributed by atoms with Crippen LogP contribution in [0.15, 0.2) is 35.1 Å². The Balaban J connectivity index is 1.93. The number of hydrogen-bond donors (Lipinski definition) is 0. The zero-order valence-corrected chi connectivity index (χ0v) is 14.8. The fraction of sp³-hybridized carbons (Fsp3) is 0.400. The second kappa shape index (κ2) is 6.06. The van der Waals surface area contributed by atoms with Crippen molar-refractivity contribution in [2.45, 2.75) is 25.7 Å². The molecule has 1 aliphatic heterocycles. The van der Waals surface area contributed by atoms with E-state index >= 15 is 0 Å². The normalized spacial score (nSPS) is 15.7. The highest BCUT2D eigenvalue weighted by molar-refractivity contribution is 6.08. The van der Waals surface area contributed by atoms with Gasteiger partial charge in [0.2, 0.25) is 0 Å². The van der Waals surface area contributed by atoms with Gasteiger partial charge in [0.25, 0.3) is 11.5 Å². The summed E-state index contributed by atoms with van der Waals surface area (Å²) in [6.07, 6.45) is 4.48. The molecular weight excluding hydrogens is 314 g/mol. The van der Waals surface area contributed by atoms with E-state index in [2.05, 4.69) is 0 Å². The summed E-state index contributed by atoms with van der Waals surface area (Å²) >= 11 is 0. The van der Waals surface area contributed by atoms with Crippen LogP contribution in [0.1, 0.15) is 36.2 Å². The molecule has 1 amide bonds. The van der Waals surface area contributed by atoms with Gasteiger partial charge in [0, 0.05) is 32.6 Å². The zero-order chi connectivity index (χ0) is 17.6. The molecule has 0 bridgehead atoms. The van der Waals surface area contributed by atoms with Crippen LogP contribution in [0, 0.1) is 0 Å². The molecule has 0 radical (unpaired) electrons. The Morgan fingerprint density at radius 3 is 2.32 bits per heavy atom. The molecule has 0 unspecified atom stereocenters. The molecule has 0 saturated carbocycles. The Morgan fingerprint density at radius 2 is 1.60 bits per heavy atom. The summed E-state index contributed by atoms with van der Waals surface area (Å²) < 4.78 is 3.56. The van der Waals surface area contributed by atoms with Crippen LogP contribution in [-0.4, -0.2) is 33.0 Å². The SMILES string of the molecule is Cn1c(C(=O)N2CCCCCC2)cc2c(=O)n(C)c3ccccc3c21. The van der Waals surface area contributed by atoms with Crippen LogP contribution in [-0.2, 0) is 14.1 Å². The largest absolute Gasteiger partial charge is 0.339 e. The monoisotopic (exact) mass is 337 g/mol. The summed E-state index contributed by atoms with van der Waals surface area (Å²) in [5.41, 5.74) is 2.27. The Morgan fingerprint density at radius 1 is 0.920 bits per heavy atom. The molecule has 1 fully saturated rings. The van der Waals surface area contributed by atoms with E-state index in [1.165, 1.54) is 12.8 Å². The Hall–Kier alpha value is -2.56. The number of carbonyl (C=O) groups excluding carboxylic acids is 1. The predicted octanol–water partition coefficient (Wildman–Crippen LogP) is 3.05. The molecule has 1 aromatic carbocycles. The third-order valence-corrected chi connectivity index (χ3v) is 5.40. The molecule has 0 atom stereocenters. The maximum Gasteiger partial charge on any atom is 0.270 e. The first-order valence-electron chi connectivity index (χ1n) is 8.96. The fourth-order valence-corrected chi connectivity index (χ4v) is 3.99. The Kier molecular flexibility index (Phi) is 3.86. The van der Waals surface area contributed by atoms with Crippen LogP contribution in [0.2, 0.25) is 0 Å². The van der Waals surface area contributed by atoms with Gasteiger partial charge in [-0.25, -0.2) is 0 Å². The third kappa shape index (κ3) is 2.46. The van der Waals surface area contributed by atoms with Crippen LogP contribution in [0.5, 0.6) is 0 Å². The van der Waals surface area contributed by atoms with E-state index in [0.717, 1.165) is 42.4 Å². The van der Waals surface area contributed by atoms with Crippen molar-refractivity contribution in [3.8, 4) is 0 Å². The number of nitrogens with zero attached hydrogens (tertiary/aromatic N) is 3. The molecule has 2 aromatic heterocycles. The molecule has 3 heterocycles. The van der Waals surface area contributed by atoms with Crippen LogP contribution in [0.3, 0.4) is 0 Å². The van der Waals surface area contributed by atoms with Crippen molar-refractivity contribution in [2.75, 3.05) is 13.1 Å². The van der Waals surface area contributed by atoms with Crippen molar-refractivity contribution in [2.24, 2.45) is 14.1 Å². The van der Waals surface area contributed by atoms with E-state index in [0.29, 0.717) is 11.1 Å². The molecule has 25 heavy (non-hydrogen) atoms. The molecule has 5 heteroatoms. The molecule has 130 valence electrons. The topological polar surface area (TPSA) is 47.2 Å². The molecule has 5 nitrogen and oxygen atoms in total. The molecule has 4 rings (SSSR count). The Labute approximate surface area is 146 Å². The molecule has 0 aliphatic carbocycles. The minimum atomic E-state index is -0.0563. The van der Waals surface area contributed by atoms with Gasteiger partial charge in [0.05, 0.1) is 16.4 Å². The third-order valence-electron chi connectivity index (χ3n) is 5.40. The van der Waals surface area contributed by atoms with E-state index in [4.69, 9.17) is 0 Å². The van der Waals surface area contributed by atoms with E-state index in [9.17, 15) is 9.59 Å². The summed E-state index contributed by atoms with van der Waals surface area (Å²) in [4.78, 5) is 27.8. The molecule has 1 saturated heterocycles. The van der Waals surface area contributed by atoms with Gasteiger partial charge < -0.3 is 14.0 Å². The number of para-hydroxylation sites is 1. The average Bonchev–Trinajstić information content (AvgIpc) is 2.81. The highest BCUT2D eigenvalue weighted by Crippen LogP contribution is 2.26. The van der Waals surface area contributed by atoms with Crippen LogP contribution in [0.4, 0.5) is 0 Å². The van der Waals surface area contributed by atoms with Crippen molar-refractivity contribution < 1.29 is 4.79 Å². The lowest BCUT2D eigenvalue weighted by Crippen LogP contribution is -2.33. The van der Waals surface area contributed by atoms with Gasteiger partial charge in [-0.05, 0) is 25.0 Å². The second-order valence-electron chi connectivity index (χ2n) is 6.94. The van der Waals surface area contributed by atoms with E-state index in [-0.39, 0.29) is 11.5 Å². The summed E-state index contributed by atoms with van der Waals surface area (Å²) in [6.45, 7) is 1.61. The molecule has 1 aliphatic rings. The number of carbonyl (C=O) groups is 1. The molecule has 3 aromatic rings. The highest BCUT2D eigenvalue weighted by Gasteiger charge is 2.23. The number of pyridine rings is 1. The van der Waals surface area contributed by atoms with Crippen molar-refractivity contribution >= 4 is 27.7 Å². The summed E-state index contributed by atoms with van der Waals surface area (Å²) in [5.74, 6) is 0.0340. The van der Waals surface area contributed by atoms with Crippen LogP contribution >= 0.6 is 0 Å². The number of aromatic nitrogens is 2. The first kappa shape index (κ1) is 15.9. The van der Waals surface area contributed by atoms with E-state index in [1.54, 1.807) is 17.7 Å². The minimum Gasteiger partial charge on any atom is -0.339 e. The number of benzene rings is 1. The van der Waals surface area contributed by atoms with Gasteiger partial charge in [-0.3, -0.25) is 9.59 Å². The number of amides is 1. The predicted molar refractivity (Wildman–Crippen MR) is 100 cm³/mol. The van der Waals surface area contributed by atoms with Gasteiger partial charge in [0.1, 0.15) is 5.69 Å². The van der Waals surface area contributed by atoms with E-state index < -0.39 is 0 Å². The van der Waals surface area contributed by atoms with Crippen molar-refractivity contribution in [1.29, 1.82) is 0 Å². The molecular formula is C20H23N3O2. The lowest BCUT2D eigenvalue weighted by Gasteiger charge is -2.20. The van der Waals surface area contributed by atoms with E-state index in [1.807, 2.05) is 40.8 Å². The quantitative estimate of drug-likeness (QED) is 0.685. The number of fused-ring (bicyclic) bond motifs is 3. The first-order chi connectivity index (χ1) is 12.1.